The van der Waals surface area contributed by atoms with Gasteiger partial charge in [-0.25, -0.2) is 4.72 Å². The molecule has 1 aromatic carbocycles. The van der Waals surface area contributed by atoms with Crippen LogP contribution in [0, 0.1) is 0 Å². The summed E-state index contributed by atoms with van der Waals surface area (Å²) < 4.78 is 8.73. The normalized spacial score (nSPS) is 31.7. The number of hydrogen-bond donors (Lipinski definition) is 1. The molecule has 0 spiro atoms. The Kier molecular flexibility index (Phi) is 1.44. The van der Waals surface area contributed by atoms with Crippen molar-refractivity contribution < 1.29 is 4.18 Å². The van der Waals surface area contributed by atoms with Crippen molar-refractivity contribution in [2.75, 3.05) is 0 Å². The summed E-state index contributed by atoms with van der Waals surface area (Å²) in [5.74, 6) is 0. The van der Waals surface area contributed by atoms with Crippen LogP contribution < -0.4 is 4.72 Å². The SMILES string of the molecule is c1ccc2c(c1)C[C@@H]1OSN[C@H]21. The summed E-state index contributed by atoms with van der Waals surface area (Å²) in [6.07, 6.45) is 1.41. The highest BCUT2D eigenvalue weighted by Gasteiger charge is 2.37. The van der Waals surface area contributed by atoms with Gasteiger partial charge >= 0.3 is 0 Å². The van der Waals surface area contributed by atoms with Crippen LogP contribution in [0.3, 0.4) is 0 Å². The minimum atomic E-state index is 0.354. The standard InChI is InChI=1S/C9H9NOS/c1-2-4-7-6(3-1)5-8-9(7)10-12-11-8/h1-4,8-10H,5H2/t8-,9+/m0/s1. The molecule has 62 valence electrons. The molecular weight excluding hydrogens is 170 g/mol. The Balaban J connectivity index is 2.09. The van der Waals surface area contributed by atoms with E-state index >= 15 is 0 Å². The van der Waals surface area contributed by atoms with Crippen molar-refractivity contribution in [3.63, 3.8) is 0 Å². The van der Waals surface area contributed by atoms with Gasteiger partial charge in [0.25, 0.3) is 0 Å². The number of hydrogen-bond acceptors (Lipinski definition) is 3. The molecule has 1 fully saturated rings. The van der Waals surface area contributed by atoms with Gasteiger partial charge in [0.15, 0.2) is 0 Å². The maximum absolute atomic E-state index is 5.46. The first-order valence-electron chi connectivity index (χ1n) is 4.11. The number of benzene rings is 1. The van der Waals surface area contributed by atoms with Crippen LogP contribution in [0.25, 0.3) is 0 Å². The predicted molar refractivity (Wildman–Crippen MR) is 48.5 cm³/mol. The monoisotopic (exact) mass is 179 g/mol. The fraction of sp³-hybridized carbons (Fsp3) is 0.333. The van der Waals surface area contributed by atoms with E-state index < -0.39 is 0 Å². The van der Waals surface area contributed by atoms with Crippen LogP contribution in [-0.4, -0.2) is 6.10 Å². The molecule has 2 aliphatic rings. The van der Waals surface area contributed by atoms with E-state index in [4.69, 9.17) is 4.18 Å². The third-order valence-corrected chi connectivity index (χ3v) is 3.22. The summed E-state index contributed by atoms with van der Waals surface area (Å²) in [5, 5.41) is 0. The summed E-state index contributed by atoms with van der Waals surface area (Å²) in [4.78, 5) is 0. The molecule has 0 radical (unpaired) electrons. The van der Waals surface area contributed by atoms with Crippen LogP contribution in [0.4, 0.5) is 0 Å². The van der Waals surface area contributed by atoms with Gasteiger partial charge in [-0.3, -0.25) is 4.18 Å². The van der Waals surface area contributed by atoms with Crippen molar-refractivity contribution in [2.24, 2.45) is 0 Å². The first-order chi connectivity index (χ1) is 5.95. The average Bonchev–Trinajstić information content (AvgIpc) is 2.62. The molecule has 0 aromatic heterocycles. The Bertz CT molecular complexity index is 315. The Labute approximate surface area is 75.6 Å². The van der Waals surface area contributed by atoms with Crippen molar-refractivity contribution in [3.8, 4) is 0 Å². The van der Waals surface area contributed by atoms with Crippen LogP contribution in [0.5, 0.6) is 0 Å². The molecule has 0 bridgehead atoms. The molecule has 1 aromatic rings. The third kappa shape index (κ3) is 0.843. The van der Waals surface area contributed by atoms with Crippen molar-refractivity contribution >= 4 is 12.2 Å². The van der Waals surface area contributed by atoms with Gasteiger partial charge < -0.3 is 0 Å². The van der Waals surface area contributed by atoms with Crippen molar-refractivity contribution in [2.45, 2.75) is 18.6 Å². The van der Waals surface area contributed by atoms with Crippen LogP contribution in [0.1, 0.15) is 17.2 Å². The lowest BCUT2D eigenvalue weighted by molar-refractivity contribution is 0.250. The minimum Gasteiger partial charge on any atom is -0.295 e. The van der Waals surface area contributed by atoms with Crippen LogP contribution in [-0.2, 0) is 10.6 Å². The quantitative estimate of drug-likeness (QED) is 0.485. The highest BCUT2D eigenvalue weighted by Crippen LogP contribution is 2.40. The van der Waals surface area contributed by atoms with Gasteiger partial charge in [-0.15, -0.1) is 0 Å². The van der Waals surface area contributed by atoms with Crippen LogP contribution in [0.2, 0.25) is 0 Å². The molecule has 0 unspecified atom stereocenters. The van der Waals surface area contributed by atoms with Gasteiger partial charge in [0, 0.05) is 6.42 Å². The van der Waals surface area contributed by atoms with Gasteiger partial charge in [0.05, 0.1) is 24.4 Å². The predicted octanol–water partition coefficient (Wildman–Crippen LogP) is 1.84. The fourth-order valence-corrected chi connectivity index (χ4v) is 2.67. The first-order valence-corrected chi connectivity index (χ1v) is 4.85. The third-order valence-electron chi connectivity index (χ3n) is 2.53. The Morgan fingerprint density at radius 3 is 3.33 bits per heavy atom. The second kappa shape index (κ2) is 2.49. The van der Waals surface area contributed by atoms with E-state index in [1.165, 1.54) is 23.4 Å². The van der Waals surface area contributed by atoms with E-state index in [-0.39, 0.29) is 0 Å². The molecule has 1 aliphatic carbocycles. The molecule has 3 rings (SSSR count). The van der Waals surface area contributed by atoms with Gasteiger partial charge in [0.2, 0.25) is 0 Å². The zero-order valence-corrected chi connectivity index (χ0v) is 7.30. The van der Waals surface area contributed by atoms with Gasteiger partial charge in [0.1, 0.15) is 0 Å². The van der Waals surface area contributed by atoms with E-state index in [0.717, 1.165) is 6.42 Å². The molecule has 1 N–H and O–H groups in total. The Morgan fingerprint density at radius 1 is 1.42 bits per heavy atom. The summed E-state index contributed by atoms with van der Waals surface area (Å²) in [5.41, 5.74) is 2.84. The molecule has 12 heavy (non-hydrogen) atoms. The molecule has 2 nitrogen and oxygen atoms in total. The molecule has 1 heterocycles. The van der Waals surface area contributed by atoms with Crippen LogP contribution >= 0.6 is 12.2 Å². The topological polar surface area (TPSA) is 21.3 Å². The molecule has 0 saturated carbocycles. The van der Waals surface area contributed by atoms with Gasteiger partial charge in [-0.1, -0.05) is 24.3 Å². The Morgan fingerprint density at radius 2 is 2.33 bits per heavy atom. The molecular formula is C9H9NOS. The molecule has 1 saturated heterocycles. The fourth-order valence-electron chi connectivity index (χ4n) is 1.93. The zero-order chi connectivity index (χ0) is 7.97. The summed E-state index contributed by atoms with van der Waals surface area (Å²) in [6.45, 7) is 0. The van der Waals surface area contributed by atoms with Gasteiger partial charge in [-0.05, 0) is 11.1 Å². The molecule has 3 heteroatoms. The largest absolute Gasteiger partial charge is 0.295 e. The summed E-state index contributed by atoms with van der Waals surface area (Å²) >= 11 is 1.38. The summed E-state index contributed by atoms with van der Waals surface area (Å²) in [7, 11) is 0. The zero-order valence-electron chi connectivity index (χ0n) is 6.49. The van der Waals surface area contributed by atoms with E-state index in [0.29, 0.717) is 12.1 Å². The van der Waals surface area contributed by atoms with Crippen molar-refractivity contribution in [1.29, 1.82) is 0 Å². The van der Waals surface area contributed by atoms with Crippen molar-refractivity contribution in [3.05, 3.63) is 35.4 Å². The van der Waals surface area contributed by atoms with E-state index in [2.05, 4.69) is 29.0 Å². The maximum Gasteiger partial charge on any atom is 0.0980 e. The maximum atomic E-state index is 5.46. The number of nitrogens with one attached hydrogen (secondary N) is 1. The van der Waals surface area contributed by atoms with Gasteiger partial charge in [-0.2, -0.15) is 0 Å². The van der Waals surface area contributed by atoms with E-state index in [9.17, 15) is 0 Å². The highest BCUT2D eigenvalue weighted by molar-refractivity contribution is 7.92. The molecule has 0 amide bonds. The highest BCUT2D eigenvalue weighted by atomic mass is 32.2. The van der Waals surface area contributed by atoms with E-state index in [1.807, 2.05) is 0 Å². The smallest absolute Gasteiger partial charge is 0.0980 e. The second-order valence-corrected chi connectivity index (χ2v) is 3.81. The summed E-state index contributed by atoms with van der Waals surface area (Å²) in [6, 6.07) is 8.97. The minimum absolute atomic E-state index is 0.354. The molecule has 2 atom stereocenters. The Hall–Kier alpha value is -0.510. The lowest BCUT2D eigenvalue weighted by Gasteiger charge is -2.05. The number of rotatable bonds is 0. The second-order valence-electron chi connectivity index (χ2n) is 3.22. The van der Waals surface area contributed by atoms with Crippen molar-refractivity contribution in [1.82, 2.24) is 4.72 Å². The first kappa shape index (κ1) is 6.95. The van der Waals surface area contributed by atoms with E-state index in [1.54, 1.807) is 0 Å². The lowest BCUT2D eigenvalue weighted by Crippen LogP contribution is -2.14. The lowest BCUT2D eigenvalue weighted by atomic mass is 10.1. The average molecular weight is 179 g/mol. The molecule has 1 aliphatic heterocycles. The van der Waals surface area contributed by atoms with Crippen LogP contribution in [0.15, 0.2) is 24.3 Å². The number of fused-ring (bicyclic) bond motifs is 3.